The molecule has 152 valence electrons. The van der Waals surface area contributed by atoms with Gasteiger partial charge >= 0.3 is 6.18 Å². The van der Waals surface area contributed by atoms with Crippen LogP contribution in [0.5, 0.6) is 0 Å². The Balaban J connectivity index is 1.90. The number of aromatic nitrogens is 4. The van der Waals surface area contributed by atoms with E-state index < -0.39 is 11.7 Å². The van der Waals surface area contributed by atoms with Gasteiger partial charge in [-0.15, -0.1) is 0 Å². The van der Waals surface area contributed by atoms with E-state index in [0.29, 0.717) is 16.8 Å². The largest absolute Gasteiger partial charge is 0.418 e. The minimum Gasteiger partial charge on any atom is -0.317 e. The lowest BCUT2D eigenvalue weighted by atomic mass is 9.91. The van der Waals surface area contributed by atoms with Crippen molar-refractivity contribution in [2.24, 2.45) is 0 Å². The van der Waals surface area contributed by atoms with Gasteiger partial charge in [0, 0.05) is 18.0 Å². The van der Waals surface area contributed by atoms with E-state index in [9.17, 15) is 18.0 Å². The minimum absolute atomic E-state index is 0.0355. The lowest BCUT2D eigenvalue weighted by Crippen LogP contribution is -2.33. The maximum atomic E-state index is 13.4. The second-order valence-electron chi connectivity index (χ2n) is 7.23. The lowest BCUT2D eigenvalue weighted by Gasteiger charge is -2.23. The lowest BCUT2D eigenvalue weighted by molar-refractivity contribution is -0.138. The van der Waals surface area contributed by atoms with Crippen LogP contribution in [0, 0.1) is 6.92 Å². The summed E-state index contributed by atoms with van der Waals surface area (Å²) in [4.78, 5) is 26.0. The third-order valence-electron chi connectivity index (χ3n) is 5.22. The van der Waals surface area contributed by atoms with Gasteiger partial charge in [0.15, 0.2) is 5.65 Å². The fourth-order valence-corrected chi connectivity index (χ4v) is 3.78. The monoisotopic (exact) mass is 403 g/mol. The van der Waals surface area contributed by atoms with E-state index in [-0.39, 0.29) is 29.4 Å². The van der Waals surface area contributed by atoms with E-state index in [1.807, 2.05) is 0 Å². The van der Waals surface area contributed by atoms with Gasteiger partial charge in [0.25, 0.3) is 5.56 Å². The Bertz CT molecular complexity index is 1100. The fourth-order valence-electron chi connectivity index (χ4n) is 3.78. The molecule has 9 heteroatoms. The molecular weight excluding hydrogens is 383 g/mol. The van der Waals surface area contributed by atoms with Crippen molar-refractivity contribution in [3.05, 3.63) is 63.5 Å². The molecular formula is C20H20F3N5O. The van der Waals surface area contributed by atoms with Crippen LogP contribution < -0.4 is 10.9 Å². The molecule has 0 spiro atoms. The van der Waals surface area contributed by atoms with Crippen molar-refractivity contribution >= 4 is 11.2 Å². The first-order chi connectivity index (χ1) is 13.8. The third kappa shape index (κ3) is 3.87. The number of rotatable bonds is 3. The molecule has 1 saturated heterocycles. The zero-order chi connectivity index (χ0) is 20.6. The number of hydrogen-bond donors (Lipinski definition) is 1. The highest BCUT2D eigenvalue weighted by Gasteiger charge is 2.34. The summed E-state index contributed by atoms with van der Waals surface area (Å²) in [5.41, 5.74) is 0.517. The van der Waals surface area contributed by atoms with E-state index in [1.165, 1.54) is 16.8 Å². The summed E-state index contributed by atoms with van der Waals surface area (Å²) in [7, 11) is 0. The van der Waals surface area contributed by atoms with Crippen LogP contribution in [0.2, 0.25) is 0 Å². The number of fused-ring (bicyclic) bond motifs is 1. The average molecular weight is 403 g/mol. The molecule has 3 aromatic heterocycles. The zero-order valence-electron chi connectivity index (χ0n) is 15.8. The Morgan fingerprint density at radius 2 is 2.00 bits per heavy atom. The van der Waals surface area contributed by atoms with Crippen LogP contribution in [0.1, 0.15) is 41.3 Å². The smallest absolute Gasteiger partial charge is 0.317 e. The van der Waals surface area contributed by atoms with Crippen molar-refractivity contribution in [2.45, 2.75) is 38.4 Å². The zero-order valence-corrected chi connectivity index (χ0v) is 15.8. The summed E-state index contributed by atoms with van der Waals surface area (Å²) in [5, 5.41) is 3.26. The summed E-state index contributed by atoms with van der Waals surface area (Å²) >= 11 is 0. The minimum atomic E-state index is -4.56. The molecule has 0 saturated carbocycles. The maximum Gasteiger partial charge on any atom is 0.418 e. The molecule has 4 rings (SSSR count). The van der Waals surface area contributed by atoms with Crippen LogP contribution in [0.4, 0.5) is 13.2 Å². The molecule has 4 heterocycles. The van der Waals surface area contributed by atoms with E-state index in [4.69, 9.17) is 0 Å². The van der Waals surface area contributed by atoms with Gasteiger partial charge in [-0.3, -0.25) is 19.3 Å². The second kappa shape index (κ2) is 7.55. The molecule has 0 unspecified atom stereocenters. The predicted molar refractivity (Wildman–Crippen MR) is 102 cm³/mol. The summed E-state index contributed by atoms with van der Waals surface area (Å²) in [6.07, 6.45) is -0.0945. The summed E-state index contributed by atoms with van der Waals surface area (Å²) < 4.78 is 41.6. The molecule has 0 radical (unpaired) electrons. The van der Waals surface area contributed by atoms with Crippen LogP contribution >= 0.6 is 0 Å². The number of aryl methyl sites for hydroxylation is 1. The molecule has 1 fully saturated rings. The second-order valence-corrected chi connectivity index (χ2v) is 7.23. The fraction of sp³-hybridized carbons (Fsp3) is 0.400. The van der Waals surface area contributed by atoms with Gasteiger partial charge in [-0.25, -0.2) is 4.98 Å². The first-order valence-corrected chi connectivity index (χ1v) is 9.43. The van der Waals surface area contributed by atoms with Gasteiger partial charge in [0.05, 0.1) is 23.5 Å². The van der Waals surface area contributed by atoms with Crippen LogP contribution in [0.3, 0.4) is 0 Å². The highest BCUT2D eigenvalue weighted by atomic mass is 19.4. The summed E-state index contributed by atoms with van der Waals surface area (Å²) in [6.45, 7) is 2.99. The Morgan fingerprint density at radius 1 is 1.24 bits per heavy atom. The van der Waals surface area contributed by atoms with Crippen molar-refractivity contribution in [3.63, 3.8) is 0 Å². The summed E-state index contributed by atoms with van der Waals surface area (Å²) in [5.74, 6) is 0.0355. The van der Waals surface area contributed by atoms with Gasteiger partial charge in [-0.2, -0.15) is 13.2 Å². The number of piperidine rings is 1. The Kier molecular flexibility index (Phi) is 5.08. The summed E-state index contributed by atoms with van der Waals surface area (Å²) in [6, 6.07) is 3.95. The SMILES string of the molecule is Cc1cnc2cc(C3CCNCC3)c(=O)n(Cc3ncccc3C(F)(F)F)c2n1. The first kappa shape index (κ1) is 19.5. The maximum absolute atomic E-state index is 13.4. The Hall–Kier alpha value is -2.81. The Labute approximate surface area is 164 Å². The molecule has 0 atom stereocenters. The number of nitrogens with zero attached hydrogens (tertiary/aromatic N) is 4. The van der Waals surface area contributed by atoms with Crippen LogP contribution in [0.25, 0.3) is 11.2 Å². The Morgan fingerprint density at radius 3 is 2.72 bits per heavy atom. The average Bonchev–Trinajstić information content (AvgIpc) is 2.70. The van der Waals surface area contributed by atoms with Gasteiger partial charge in [-0.05, 0) is 57.0 Å². The number of hydrogen-bond acceptors (Lipinski definition) is 5. The van der Waals surface area contributed by atoms with Gasteiger partial charge in [0.1, 0.15) is 5.52 Å². The molecule has 0 amide bonds. The first-order valence-electron chi connectivity index (χ1n) is 9.43. The highest BCUT2D eigenvalue weighted by molar-refractivity contribution is 5.71. The topological polar surface area (TPSA) is 72.7 Å². The van der Waals surface area contributed by atoms with E-state index >= 15 is 0 Å². The van der Waals surface area contributed by atoms with E-state index in [1.54, 1.807) is 19.2 Å². The third-order valence-corrected chi connectivity index (χ3v) is 5.22. The molecule has 3 aromatic rings. The van der Waals surface area contributed by atoms with Crippen LogP contribution in [0.15, 0.2) is 35.4 Å². The standard InChI is InChI=1S/C20H20F3N5O/c1-12-10-26-16-9-14(13-4-7-24-8-5-13)19(29)28(18(16)27-12)11-17-15(20(21,22)23)3-2-6-25-17/h2-3,6,9-10,13,24H,4-5,7-8,11H2,1H3. The van der Waals surface area contributed by atoms with Gasteiger partial charge < -0.3 is 5.32 Å². The number of halogens is 3. The van der Waals surface area contributed by atoms with Crippen molar-refractivity contribution in [1.82, 2.24) is 24.8 Å². The molecule has 0 aliphatic carbocycles. The molecule has 0 bridgehead atoms. The number of pyridine rings is 2. The van der Waals surface area contributed by atoms with Crippen molar-refractivity contribution in [1.29, 1.82) is 0 Å². The van der Waals surface area contributed by atoms with Crippen LogP contribution in [-0.4, -0.2) is 32.6 Å². The molecule has 1 N–H and O–H groups in total. The molecule has 6 nitrogen and oxygen atoms in total. The van der Waals surface area contributed by atoms with Crippen LogP contribution in [-0.2, 0) is 12.7 Å². The molecule has 1 aliphatic heterocycles. The quantitative estimate of drug-likeness (QED) is 0.728. The molecule has 0 aromatic carbocycles. The van der Waals surface area contributed by atoms with Gasteiger partial charge in [0.2, 0.25) is 0 Å². The molecule has 1 aliphatic rings. The molecule has 29 heavy (non-hydrogen) atoms. The van der Waals surface area contributed by atoms with Crippen molar-refractivity contribution in [2.75, 3.05) is 13.1 Å². The van der Waals surface area contributed by atoms with Gasteiger partial charge in [-0.1, -0.05) is 0 Å². The van der Waals surface area contributed by atoms with E-state index in [2.05, 4.69) is 20.3 Å². The van der Waals surface area contributed by atoms with Crippen molar-refractivity contribution < 1.29 is 13.2 Å². The number of nitrogens with one attached hydrogen (secondary N) is 1. The predicted octanol–water partition coefficient (Wildman–Crippen LogP) is 3.03. The number of alkyl halides is 3. The highest BCUT2D eigenvalue weighted by Crippen LogP contribution is 2.31. The van der Waals surface area contributed by atoms with E-state index in [0.717, 1.165) is 32.0 Å². The van der Waals surface area contributed by atoms with Crippen molar-refractivity contribution in [3.8, 4) is 0 Å². The normalized spacial score (nSPS) is 15.7.